The number of hydrogen-bond donors (Lipinski definition) is 0. The van der Waals surface area contributed by atoms with Gasteiger partial charge in [-0.25, -0.2) is 0 Å². The van der Waals surface area contributed by atoms with Gasteiger partial charge in [0.1, 0.15) is 0 Å². The highest BCUT2D eigenvalue weighted by Crippen LogP contribution is 2.56. The minimum absolute atomic E-state index is 0.0234. The Balaban J connectivity index is 2.03. The van der Waals surface area contributed by atoms with Gasteiger partial charge in [-0.2, -0.15) is 10.5 Å². The van der Waals surface area contributed by atoms with Crippen LogP contribution < -0.4 is 14.4 Å². The standard InChI is InChI=1S/C27H27N3O3/c1-26(2,3)25(31)24-23(18-10-12-20(32-4)21(14-18)33-5)27(15-28,16-29)22-13-11-17-8-6-7-9-19(17)30(22)24/h6-14,22-24H,1-5H3/t22-,23-,24-/m1/s1. The van der Waals surface area contributed by atoms with Crippen molar-refractivity contribution < 1.29 is 14.3 Å². The van der Waals surface area contributed by atoms with E-state index in [9.17, 15) is 15.3 Å². The van der Waals surface area contributed by atoms with Crippen LogP contribution in [0.4, 0.5) is 5.69 Å². The van der Waals surface area contributed by atoms with Gasteiger partial charge in [0.2, 0.25) is 0 Å². The molecule has 2 heterocycles. The third-order valence-electron chi connectivity index (χ3n) is 6.69. The molecule has 2 aliphatic rings. The summed E-state index contributed by atoms with van der Waals surface area (Å²) >= 11 is 0. The minimum atomic E-state index is -1.48. The third kappa shape index (κ3) is 3.26. The van der Waals surface area contributed by atoms with E-state index in [2.05, 4.69) is 12.1 Å². The average Bonchev–Trinajstić information content (AvgIpc) is 3.13. The fourth-order valence-corrected chi connectivity index (χ4v) is 5.10. The summed E-state index contributed by atoms with van der Waals surface area (Å²) in [6.07, 6.45) is 3.83. The van der Waals surface area contributed by atoms with Crippen LogP contribution >= 0.6 is 0 Å². The van der Waals surface area contributed by atoms with Crippen molar-refractivity contribution in [2.24, 2.45) is 10.8 Å². The molecule has 0 saturated carbocycles. The lowest BCUT2D eigenvalue weighted by Gasteiger charge is -2.37. The molecule has 0 bridgehead atoms. The van der Waals surface area contributed by atoms with Gasteiger partial charge in [0.15, 0.2) is 22.7 Å². The molecular weight excluding hydrogens is 414 g/mol. The Morgan fingerprint density at radius 2 is 1.70 bits per heavy atom. The smallest absolute Gasteiger partial charge is 0.176 e. The van der Waals surface area contributed by atoms with Crippen LogP contribution in [-0.2, 0) is 4.79 Å². The quantitative estimate of drug-likeness (QED) is 0.682. The molecule has 6 nitrogen and oxygen atoms in total. The fourth-order valence-electron chi connectivity index (χ4n) is 5.10. The summed E-state index contributed by atoms with van der Waals surface area (Å²) < 4.78 is 10.9. The minimum Gasteiger partial charge on any atom is -0.493 e. The Labute approximate surface area is 194 Å². The predicted molar refractivity (Wildman–Crippen MR) is 126 cm³/mol. The number of hydrogen-bond acceptors (Lipinski definition) is 6. The maximum Gasteiger partial charge on any atom is 0.176 e. The largest absolute Gasteiger partial charge is 0.493 e. The molecule has 0 N–H and O–H groups in total. The van der Waals surface area contributed by atoms with Crippen LogP contribution in [-0.4, -0.2) is 32.1 Å². The maximum absolute atomic E-state index is 14.0. The second-order valence-electron chi connectivity index (χ2n) is 9.51. The molecule has 0 aliphatic carbocycles. The lowest BCUT2D eigenvalue weighted by molar-refractivity contribution is -0.127. The second kappa shape index (κ2) is 7.98. The molecule has 3 atom stereocenters. The maximum atomic E-state index is 14.0. The molecule has 33 heavy (non-hydrogen) atoms. The summed E-state index contributed by atoms with van der Waals surface area (Å²) in [7, 11) is 3.09. The number of fused-ring (bicyclic) bond motifs is 3. The van der Waals surface area contributed by atoms with E-state index in [4.69, 9.17) is 9.47 Å². The lowest BCUT2D eigenvalue weighted by Crippen LogP contribution is -2.47. The number of methoxy groups -OCH3 is 2. The Morgan fingerprint density at radius 1 is 1.03 bits per heavy atom. The first kappa shape index (κ1) is 22.4. The third-order valence-corrected chi connectivity index (χ3v) is 6.69. The molecule has 0 unspecified atom stereocenters. The number of carbonyl (C=O) groups is 1. The van der Waals surface area contributed by atoms with Gasteiger partial charge in [0, 0.05) is 17.0 Å². The molecule has 2 aliphatic heterocycles. The number of nitrogens with zero attached hydrogens (tertiary/aromatic N) is 3. The van der Waals surface area contributed by atoms with Gasteiger partial charge >= 0.3 is 0 Å². The number of benzene rings is 2. The Morgan fingerprint density at radius 3 is 2.30 bits per heavy atom. The van der Waals surface area contributed by atoms with Crippen LogP contribution in [0, 0.1) is 33.5 Å². The van der Waals surface area contributed by atoms with Crippen LogP contribution in [0.3, 0.4) is 0 Å². The van der Waals surface area contributed by atoms with Crippen LogP contribution in [0.2, 0.25) is 0 Å². The molecule has 1 saturated heterocycles. The first-order chi connectivity index (χ1) is 15.7. The fraction of sp³-hybridized carbons (Fsp3) is 0.370. The van der Waals surface area contributed by atoms with Gasteiger partial charge in [0.05, 0.1) is 38.4 Å². The molecule has 0 aromatic heterocycles. The van der Waals surface area contributed by atoms with Crippen LogP contribution in [0.1, 0.15) is 37.8 Å². The predicted octanol–water partition coefficient (Wildman–Crippen LogP) is 4.72. The number of Topliss-reactive ketones (excluding diaryl/α,β-unsaturated/α-hetero) is 1. The zero-order valence-corrected chi connectivity index (χ0v) is 19.5. The molecular formula is C27H27N3O3. The van der Waals surface area contributed by atoms with Crippen molar-refractivity contribution in [1.29, 1.82) is 10.5 Å². The highest BCUT2D eigenvalue weighted by atomic mass is 16.5. The second-order valence-corrected chi connectivity index (χ2v) is 9.51. The Kier molecular flexibility index (Phi) is 5.42. The number of ether oxygens (including phenoxy) is 2. The van der Waals surface area contributed by atoms with E-state index < -0.39 is 28.8 Å². The van der Waals surface area contributed by atoms with Gasteiger partial charge in [-0.3, -0.25) is 4.79 Å². The van der Waals surface area contributed by atoms with Gasteiger partial charge in [-0.15, -0.1) is 0 Å². The molecule has 0 spiro atoms. The summed E-state index contributed by atoms with van der Waals surface area (Å²) in [4.78, 5) is 16.0. The van der Waals surface area contributed by atoms with Crippen LogP contribution in [0.15, 0.2) is 48.5 Å². The highest BCUT2D eigenvalue weighted by Gasteiger charge is 2.64. The van der Waals surface area contributed by atoms with Crippen LogP contribution in [0.5, 0.6) is 11.5 Å². The van der Waals surface area contributed by atoms with Gasteiger partial charge in [0.25, 0.3) is 0 Å². The molecule has 0 radical (unpaired) electrons. The van der Waals surface area contributed by atoms with E-state index in [-0.39, 0.29) is 5.78 Å². The van der Waals surface area contributed by atoms with E-state index in [1.165, 1.54) is 7.11 Å². The normalized spacial score (nSPS) is 22.5. The van der Waals surface area contributed by atoms with E-state index >= 15 is 0 Å². The molecule has 6 heteroatoms. The lowest BCUT2D eigenvalue weighted by atomic mass is 9.67. The Bertz CT molecular complexity index is 1200. The molecule has 4 rings (SSSR count). The van der Waals surface area contributed by atoms with Gasteiger partial charge < -0.3 is 14.4 Å². The number of anilines is 1. The van der Waals surface area contributed by atoms with Crippen molar-refractivity contribution in [2.45, 2.75) is 38.8 Å². The summed E-state index contributed by atoms with van der Waals surface area (Å²) in [6, 6.07) is 16.5. The number of rotatable bonds is 4. The first-order valence-electron chi connectivity index (χ1n) is 10.9. The average molecular weight is 442 g/mol. The Hall–Kier alpha value is -3.77. The van der Waals surface area contributed by atoms with E-state index in [1.807, 2.05) is 68.2 Å². The summed E-state index contributed by atoms with van der Waals surface area (Å²) in [5.74, 6) is 0.313. The number of carbonyl (C=O) groups excluding carboxylic acids is 1. The number of ketones is 1. The van der Waals surface area contributed by atoms with Gasteiger partial charge in [-0.05, 0) is 29.3 Å². The molecule has 1 fully saturated rings. The van der Waals surface area contributed by atoms with Crippen molar-refractivity contribution in [3.8, 4) is 23.6 Å². The number of para-hydroxylation sites is 1. The molecule has 0 amide bonds. The highest BCUT2D eigenvalue weighted by molar-refractivity contribution is 5.96. The topological polar surface area (TPSA) is 86.4 Å². The van der Waals surface area contributed by atoms with Crippen molar-refractivity contribution >= 4 is 17.5 Å². The van der Waals surface area contributed by atoms with Gasteiger partial charge in [-0.1, -0.05) is 57.2 Å². The summed E-state index contributed by atoms with van der Waals surface area (Å²) in [5.41, 5.74) is 0.346. The zero-order chi connectivity index (χ0) is 24.0. The van der Waals surface area contributed by atoms with E-state index in [1.54, 1.807) is 19.2 Å². The van der Waals surface area contributed by atoms with Crippen molar-refractivity contribution in [3.05, 3.63) is 59.7 Å². The number of nitriles is 2. The van der Waals surface area contributed by atoms with Crippen molar-refractivity contribution in [3.63, 3.8) is 0 Å². The van der Waals surface area contributed by atoms with Crippen LogP contribution in [0.25, 0.3) is 6.08 Å². The SMILES string of the molecule is COc1ccc([C@@H]2[C@H](C(=O)C(C)(C)C)N3c4ccccc4C=C[C@@H]3C2(C#N)C#N)cc1OC. The van der Waals surface area contributed by atoms with Crippen molar-refractivity contribution in [2.75, 3.05) is 19.1 Å². The molecule has 168 valence electrons. The van der Waals surface area contributed by atoms with E-state index in [0.717, 1.165) is 11.3 Å². The monoisotopic (exact) mass is 441 g/mol. The summed E-state index contributed by atoms with van der Waals surface area (Å²) in [6.45, 7) is 5.63. The molecule has 2 aromatic carbocycles. The summed E-state index contributed by atoms with van der Waals surface area (Å²) in [5, 5.41) is 20.9. The first-order valence-corrected chi connectivity index (χ1v) is 10.9. The molecule has 2 aromatic rings. The van der Waals surface area contributed by atoms with E-state index in [0.29, 0.717) is 17.1 Å². The zero-order valence-electron chi connectivity index (χ0n) is 19.5. The van der Waals surface area contributed by atoms with Crippen molar-refractivity contribution in [1.82, 2.24) is 0 Å².